The van der Waals surface area contributed by atoms with Gasteiger partial charge in [0.15, 0.2) is 11.0 Å². The topological polar surface area (TPSA) is 129 Å². The first-order valence-corrected chi connectivity index (χ1v) is 15.7. The Labute approximate surface area is 278 Å². The number of halogens is 4. The summed E-state index contributed by atoms with van der Waals surface area (Å²) in [5.41, 5.74) is 2.45. The van der Waals surface area contributed by atoms with Crippen LogP contribution in [0.25, 0.3) is 38.9 Å². The molecule has 2 aromatic heterocycles. The van der Waals surface area contributed by atoms with Gasteiger partial charge in [-0.05, 0) is 66.5 Å². The van der Waals surface area contributed by atoms with Gasteiger partial charge in [-0.3, -0.25) is 13.8 Å². The minimum atomic E-state index is -2.74. The second kappa shape index (κ2) is 13.2. The summed E-state index contributed by atoms with van der Waals surface area (Å²) in [6.45, 7) is 0. The van der Waals surface area contributed by atoms with Gasteiger partial charge in [-0.1, -0.05) is 41.9 Å². The summed E-state index contributed by atoms with van der Waals surface area (Å²) in [7, 11) is -2.12. The number of benzene rings is 3. The van der Waals surface area contributed by atoms with Gasteiger partial charge in [0.2, 0.25) is 0 Å². The maximum absolute atomic E-state index is 15.0. The maximum Gasteiger partial charge on any atom is 0.312 e. The first kappa shape index (κ1) is 32.3. The van der Waals surface area contributed by atoms with Crippen LogP contribution in [0.3, 0.4) is 0 Å². The quantitative estimate of drug-likeness (QED) is 0.158. The van der Waals surface area contributed by atoms with E-state index in [1.54, 1.807) is 24.3 Å². The summed E-state index contributed by atoms with van der Waals surface area (Å²) >= 11 is 6.58. The summed E-state index contributed by atoms with van der Waals surface area (Å²) in [6, 6.07) is 19.7. The second-order valence-corrected chi connectivity index (χ2v) is 12.3. The molecule has 0 saturated carbocycles. The number of allylic oxidation sites excluding steroid dienone is 3. The molecular weight excluding hydrogens is 663 g/mol. The summed E-state index contributed by atoms with van der Waals surface area (Å²) < 4.78 is 57.6. The molecule has 0 saturated heterocycles. The zero-order valence-electron chi connectivity index (χ0n) is 24.5. The smallest absolute Gasteiger partial charge is 0.264 e. The Morgan fingerprint density at radius 3 is 2.27 bits per heavy atom. The van der Waals surface area contributed by atoms with Gasteiger partial charge in [0.05, 0.1) is 27.2 Å². The van der Waals surface area contributed by atoms with Crippen molar-refractivity contribution in [3.05, 3.63) is 129 Å². The third-order valence-corrected chi connectivity index (χ3v) is 9.62. The highest BCUT2D eigenvalue weighted by Gasteiger charge is 2.29. The number of pyridine rings is 1. The van der Waals surface area contributed by atoms with Gasteiger partial charge in [0, 0.05) is 55.8 Å². The molecule has 0 aliphatic heterocycles. The van der Waals surface area contributed by atoms with Crippen LogP contribution < -0.4 is 0 Å². The Morgan fingerprint density at radius 2 is 1.65 bits per heavy atom. The largest absolute Gasteiger partial charge is 0.312 e. The fourth-order valence-electron chi connectivity index (χ4n) is 5.71. The molecule has 236 valence electrons. The number of amides is 1. The number of hydrogen-bond acceptors (Lipinski definition) is 6. The maximum atomic E-state index is 15.0. The molecule has 1 aliphatic carbocycles. The van der Waals surface area contributed by atoms with Crippen LogP contribution in [0, 0.1) is 33.4 Å². The molecule has 0 bridgehead atoms. The number of nitroso groups, excluding NO2 is 1. The van der Waals surface area contributed by atoms with Crippen molar-refractivity contribution in [2.24, 2.45) is 5.18 Å². The van der Waals surface area contributed by atoms with Gasteiger partial charge >= 0.3 is 5.91 Å². The average molecular weight is 682 g/mol. The van der Waals surface area contributed by atoms with Crippen molar-refractivity contribution in [2.75, 3.05) is 0 Å². The van der Waals surface area contributed by atoms with Crippen molar-refractivity contribution in [2.45, 2.75) is 24.2 Å². The number of rotatable bonds is 7. The fraction of sp³-hybridized carbons (Fsp3) is 0.0857. The lowest BCUT2D eigenvalue weighted by Crippen LogP contribution is -2.08. The van der Waals surface area contributed by atoms with Crippen LogP contribution in [0.15, 0.2) is 106 Å². The molecule has 0 spiro atoms. The van der Waals surface area contributed by atoms with Crippen LogP contribution in [0.2, 0.25) is 0 Å². The summed E-state index contributed by atoms with van der Waals surface area (Å²) in [5.74, 6) is -1.55. The molecule has 1 atom stereocenters. The fourth-order valence-corrected chi connectivity index (χ4v) is 7.33. The van der Waals surface area contributed by atoms with E-state index < -0.39 is 29.1 Å². The predicted octanol–water partition coefficient (Wildman–Crippen LogP) is 8.72. The standard InChI is InChI=1S/C35H19ClF3N5O3S/c36-29-13-22(35(45)43-46)6-10-27(29)20-2-1-3-21(12-20)33-32(31-23(15-40)17-42-18-24(31)16-41)28-14-25(37)7-11-30(28)44(33)48(47)26-8-4-19(5-9-26)34(38)39/h1-5,7-9,11-14,17-18,34H,6,10H2. The Balaban J connectivity index is 1.69. The van der Waals surface area contributed by atoms with E-state index in [2.05, 4.69) is 10.2 Å². The lowest BCUT2D eigenvalue weighted by Gasteiger charge is -2.18. The molecule has 3 aromatic carbocycles. The first-order valence-electron chi connectivity index (χ1n) is 14.2. The minimum Gasteiger partial charge on any atom is -0.264 e. The molecular formula is C35H19ClF3N5O3S. The molecule has 1 aliphatic rings. The van der Waals surface area contributed by atoms with Gasteiger partial charge in [-0.2, -0.15) is 10.5 Å². The number of carbonyl (C=O) groups excluding carboxylic acids is 1. The predicted molar refractivity (Wildman–Crippen MR) is 174 cm³/mol. The highest BCUT2D eigenvalue weighted by Crippen LogP contribution is 2.45. The van der Waals surface area contributed by atoms with E-state index in [1.165, 1.54) is 64.9 Å². The van der Waals surface area contributed by atoms with Crippen molar-refractivity contribution >= 4 is 45.0 Å². The monoisotopic (exact) mass is 681 g/mol. The Morgan fingerprint density at radius 1 is 0.958 bits per heavy atom. The minimum absolute atomic E-state index is 0.00555. The lowest BCUT2D eigenvalue weighted by molar-refractivity contribution is -0.114. The van der Waals surface area contributed by atoms with E-state index in [0.717, 1.165) is 0 Å². The first-order chi connectivity index (χ1) is 23.2. The van der Waals surface area contributed by atoms with Crippen molar-refractivity contribution < 1.29 is 22.2 Å². The third-order valence-electron chi connectivity index (χ3n) is 7.90. The highest BCUT2D eigenvalue weighted by molar-refractivity contribution is 7.83. The molecule has 0 radical (unpaired) electrons. The van der Waals surface area contributed by atoms with E-state index in [4.69, 9.17) is 11.6 Å². The van der Waals surface area contributed by atoms with Gasteiger partial charge in [-0.15, -0.1) is 4.91 Å². The summed E-state index contributed by atoms with van der Waals surface area (Å²) in [5, 5.41) is 23.1. The van der Waals surface area contributed by atoms with Crippen molar-refractivity contribution in [3.63, 3.8) is 0 Å². The van der Waals surface area contributed by atoms with E-state index in [1.807, 2.05) is 12.1 Å². The molecule has 48 heavy (non-hydrogen) atoms. The van der Waals surface area contributed by atoms with E-state index in [0.29, 0.717) is 23.1 Å². The van der Waals surface area contributed by atoms with Gasteiger partial charge in [0.25, 0.3) is 6.43 Å². The van der Waals surface area contributed by atoms with Crippen molar-refractivity contribution in [3.8, 4) is 34.5 Å². The van der Waals surface area contributed by atoms with Crippen LogP contribution >= 0.6 is 11.6 Å². The molecule has 0 fully saturated rings. The number of hydrogen-bond donors (Lipinski definition) is 0. The number of aromatic nitrogens is 2. The molecule has 0 N–H and O–H groups in total. The third kappa shape index (κ3) is 5.72. The van der Waals surface area contributed by atoms with Crippen LogP contribution in [0.5, 0.6) is 0 Å². The zero-order valence-corrected chi connectivity index (χ0v) is 26.0. The Kier molecular flexibility index (Phi) is 8.87. The molecule has 13 heteroatoms. The summed E-state index contributed by atoms with van der Waals surface area (Å²) in [6.07, 6.45) is 1.68. The van der Waals surface area contributed by atoms with Gasteiger partial charge in [0.1, 0.15) is 18.0 Å². The van der Waals surface area contributed by atoms with E-state index in [9.17, 15) is 37.6 Å². The van der Waals surface area contributed by atoms with Crippen LogP contribution in [-0.2, 0) is 15.8 Å². The molecule has 6 rings (SSSR count). The van der Waals surface area contributed by atoms with Crippen molar-refractivity contribution in [1.29, 1.82) is 10.5 Å². The molecule has 8 nitrogen and oxygen atoms in total. The lowest BCUT2D eigenvalue weighted by atomic mass is 9.89. The summed E-state index contributed by atoms with van der Waals surface area (Å²) in [4.78, 5) is 26.8. The Hall–Kier alpha value is -5.69. The number of nitriles is 2. The van der Waals surface area contributed by atoms with Gasteiger partial charge < -0.3 is 0 Å². The number of nitrogens with zero attached hydrogens (tertiary/aromatic N) is 5. The normalized spacial score (nSPS) is 13.6. The van der Waals surface area contributed by atoms with E-state index in [-0.39, 0.29) is 66.3 Å². The van der Waals surface area contributed by atoms with Crippen LogP contribution in [0.1, 0.15) is 41.5 Å². The number of alkyl halides is 2. The molecule has 1 unspecified atom stereocenters. The molecule has 5 aromatic rings. The number of carbonyl (C=O) groups is 1. The van der Waals surface area contributed by atoms with E-state index >= 15 is 0 Å². The van der Waals surface area contributed by atoms with Gasteiger partial charge in [-0.25, -0.2) is 17.4 Å². The zero-order chi connectivity index (χ0) is 34.1. The van der Waals surface area contributed by atoms with Crippen LogP contribution in [0.4, 0.5) is 13.2 Å². The van der Waals surface area contributed by atoms with Crippen molar-refractivity contribution in [1.82, 2.24) is 8.96 Å². The van der Waals surface area contributed by atoms with Crippen LogP contribution in [-0.4, -0.2) is 19.1 Å². The molecule has 2 heterocycles. The SMILES string of the molecule is N#Cc1cncc(C#N)c1-c1c(-c2cccc(C3=C(Cl)C=C(C(=O)N=O)CC3)c2)n(S(=O)c2ccc(C(F)F)cc2)c2ccc(F)cc12. The second-order valence-electron chi connectivity index (χ2n) is 10.6. The number of fused-ring (bicyclic) bond motifs is 1. The molecule has 1 amide bonds. The highest BCUT2D eigenvalue weighted by atomic mass is 35.5. The average Bonchev–Trinajstić information content (AvgIpc) is 3.44. The Bertz CT molecular complexity index is 2300.